The number of aryl methyl sites for hydroxylation is 1. The molecule has 1 saturated carbocycles. The molecule has 2 fully saturated rings. The minimum absolute atomic E-state index is 0.123. The van der Waals surface area contributed by atoms with Crippen LogP contribution in [0.1, 0.15) is 42.0 Å². The molecule has 0 bridgehead atoms. The van der Waals surface area contributed by atoms with Crippen molar-refractivity contribution in [1.82, 2.24) is 4.98 Å². The van der Waals surface area contributed by atoms with Crippen molar-refractivity contribution in [2.24, 2.45) is 0 Å². The summed E-state index contributed by atoms with van der Waals surface area (Å²) in [5.41, 5.74) is 3.08. The third kappa shape index (κ3) is 3.11. The van der Waals surface area contributed by atoms with Crippen molar-refractivity contribution in [3.8, 4) is 6.07 Å². The van der Waals surface area contributed by atoms with Gasteiger partial charge in [-0.2, -0.15) is 5.26 Å². The first-order valence-electron chi connectivity index (χ1n) is 8.58. The number of thioether (sulfide) groups is 1. The molecule has 0 spiro atoms. The summed E-state index contributed by atoms with van der Waals surface area (Å²) in [5.74, 6) is 0.00615. The van der Waals surface area contributed by atoms with E-state index in [-0.39, 0.29) is 18.2 Å². The van der Waals surface area contributed by atoms with Gasteiger partial charge in [0.25, 0.3) is 0 Å². The Morgan fingerprint density at radius 3 is 2.54 bits per heavy atom. The summed E-state index contributed by atoms with van der Waals surface area (Å²) < 4.78 is 0. The predicted molar refractivity (Wildman–Crippen MR) is 98.9 cm³/mol. The van der Waals surface area contributed by atoms with Crippen LogP contribution in [0.15, 0.2) is 41.4 Å². The summed E-state index contributed by atoms with van der Waals surface area (Å²) in [6.45, 7) is 1.96. The van der Waals surface area contributed by atoms with Crippen LogP contribution in [-0.2, 0) is 9.59 Å². The SMILES string of the molecule is Cc1ccc(N2C(=O)C[C@H](Sc3nc(C4CC4)ccc3C#N)C2=O)cc1. The monoisotopic (exact) mass is 363 g/mol. The standard InChI is InChI=1S/C20H17N3O2S/c1-12-2-7-15(8-3-12)23-18(24)10-17(20(23)25)26-19-14(11-21)6-9-16(22-19)13-4-5-13/h2-3,6-9,13,17H,4-5,10H2,1H3/t17-/m0/s1. The molecule has 130 valence electrons. The maximum absolute atomic E-state index is 12.8. The lowest BCUT2D eigenvalue weighted by Gasteiger charge is -2.15. The summed E-state index contributed by atoms with van der Waals surface area (Å²) in [4.78, 5) is 31.1. The Morgan fingerprint density at radius 1 is 1.15 bits per heavy atom. The van der Waals surface area contributed by atoms with Crippen LogP contribution in [0, 0.1) is 18.3 Å². The average molecular weight is 363 g/mol. The second kappa shape index (κ2) is 6.58. The van der Waals surface area contributed by atoms with E-state index in [9.17, 15) is 14.9 Å². The molecule has 1 aromatic carbocycles. The maximum atomic E-state index is 12.8. The largest absolute Gasteiger partial charge is 0.274 e. The number of benzene rings is 1. The van der Waals surface area contributed by atoms with Gasteiger partial charge in [-0.25, -0.2) is 9.88 Å². The molecule has 1 aliphatic heterocycles. The minimum atomic E-state index is -0.544. The van der Waals surface area contributed by atoms with Gasteiger partial charge in [-0.15, -0.1) is 0 Å². The zero-order valence-corrected chi connectivity index (χ0v) is 15.1. The number of nitrogens with zero attached hydrogens (tertiary/aromatic N) is 3. The van der Waals surface area contributed by atoms with Crippen molar-refractivity contribution in [2.75, 3.05) is 4.90 Å². The van der Waals surface area contributed by atoms with Crippen LogP contribution in [0.25, 0.3) is 0 Å². The van der Waals surface area contributed by atoms with E-state index in [0.29, 0.717) is 22.2 Å². The summed E-state index contributed by atoms with van der Waals surface area (Å²) in [6.07, 6.45) is 2.35. The third-order valence-corrected chi connectivity index (χ3v) is 5.84. The van der Waals surface area contributed by atoms with Gasteiger partial charge in [0.2, 0.25) is 11.8 Å². The Morgan fingerprint density at radius 2 is 1.88 bits per heavy atom. The molecule has 2 aliphatic rings. The fraction of sp³-hybridized carbons (Fsp3) is 0.300. The molecular formula is C20H17N3O2S. The zero-order chi connectivity index (χ0) is 18.3. The maximum Gasteiger partial charge on any atom is 0.247 e. The highest BCUT2D eigenvalue weighted by atomic mass is 32.2. The highest BCUT2D eigenvalue weighted by Crippen LogP contribution is 2.41. The lowest BCUT2D eigenvalue weighted by atomic mass is 10.2. The number of hydrogen-bond donors (Lipinski definition) is 0. The zero-order valence-electron chi connectivity index (χ0n) is 14.3. The van der Waals surface area contributed by atoms with Gasteiger partial charge >= 0.3 is 0 Å². The van der Waals surface area contributed by atoms with Crippen LogP contribution in [-0.4, -0.2) is 22.0 Å². The van der Waals surface area contributed by atoms with Crippen LogP contribution < -0.4 is 4.90 Å². The van der Waals surface area contributed by atoms with Crippen LogP contribution in [0.3, 0.4) is 0 Å². The highest BCUT2D eigenvalue weighted by molar-refractivity contribution is 8.00. The number of amides is 2. The van der Waals surface area contributed by atoms with Crippen molar-refractivity contribution < 1.29 is 9.59 Å². The Kier molecular flexibility index (Phi) is 4.25. The number of aromatic nitrogens is 1. The van der Waals surface area contributed by atoms with Gasteiger partial charge in [-0.3, -0.25) is 9.59 Å². The Bertz CT molecular complexity index is 929. The Balaban J connectivity index is 1.59. The molecule has 6 heteroatoms. The van der Waals surface area contributed by atoms with Gasteiger partial charge in [0.1, 0.15) is 11.1 Å². The molecule has 4 rings (SSSR count). The van der Waals surface area contributed by atoms with Crippen molar-refractivity contribution >= 4 is 29.3 Å². The number of nitriles is 1. The van der Waals surface area contributed by atoms with E-state index in [0.717, 1.165) is 24.1 Å². The van der Waals surface area contributed by atoms with E-state index >= 15 is 0 Å². The summed E-state index contributed by atoms with van der Waals surface area (Å²) >= 11 is 1.23. The number of carbonyl (C=O) groups is 2. The Labute approximate surface area is 156 Å². The Hall–Kier alpha value is -2.65. The fourth-order valence-corrected chi connectivity index (χ4v) is 4.13. The highest BCUT2D eigenvalue weighted by Gasteiger charge is 2.41. The van der Waals surface area contributed by atoms with Crippen molar-refractivity contribution in [2.45, 2.75) is 42.4 Å². The number of hydrogen-bond acceptors (Lipinski definition) is 5. The van der Waals surface area contributed by atoms with Crippen LogP contribution in [0.5, 0.6) is 0 Å². The first-order valence-corrected chi connectivity index (χ1v) is 9.46. The average Bonchev–Trinajstić information content (AvgIpc) is 3.44. The minimum Gasteiger partial charge on any atom is -0.274 e. The van der Waals surface area contributed by atoms with Crippen LogP contribution >= 0.6 is 11.8 Å². The molecule has 2 heterocycles. The van der Waals surface area contributed by atoms with Gasteiger partial charge in [-0.1, -0.05) is 29.5 Å². The molecule has 1 aliphatic carbocycles. The molecule has 2 amide bonds. The smallest absolute Gasteiger partial charge is 0.247 e. The van der Waals surface area contributed by atoms with Gasteiger partial charge in [-0.05, 0) is 44.0 Å². The molecule has 0 unspecified atom stereocenters. The first-order chi connectivity index (χ1) is 12.6. The van der Waals surface area contributed by atoms with Crippen molar-refractivity contribution in [3.05, 3.63) is 53.2 Å². The quantitative estimate of drug-likeness (QED) is 0.777. The fourth-order valence-electron chi connectivity index (χ4n) is 3.03. The molecule has 1 atom stereocenters. The van der Waals surface area contributed by atoms with E-state index < -0.39 is 5.25 Å². The van der Waals surface area contributed by atoms with E-state index in [4.69, 9.17) is 0 Å². The molecule has 2 aromatic rings. The lowest BCUT2D eigenvalue weighted by molar-refractivity contribution is -0.121. The number of pyridine rings is 1. The van der Waals surface area contributed by atoms with Gasteiger partial charge in [0.15, 0.2) is 0 Å². The van der Waals surface area contributed by atoms with Gasteiger partial charge in [0, 0.05) is 18.0 Å². The second-order valence-electron chi connectivity index (χ2n) is 6.69. The summed E-state index contributed by atoms with van der Waals surface area (Å²) in [6, 6.07) is 13.1. The molecular weight excluding hydrogens is 346 g/mol. The third-order valence-electron chi connectivity index (χ3n) is 4.65. The normalized spacial score (nSPS) is 19.7. The molecule has 0 N–H and O–H groups in total. The molecule has 0 radical (unpaired) electrons. The second-order valence-corrected chi connectivity index (χ2v) is 7.88. The van der Waals surface area contributed by atoms with E-state index in [2.05, 4.69) is 11.1 Å². The van der Waals surface area contributed by atoms with Crippen molar-refractivity contribution in [3.63, 3.8) is 0 Å². The molecule has 5 nitrogen and oxygen atoms in total. The van der Waals surface area contributed by atoms with Crippen LogP contribution in [0.4, 0.5) is 5.69 Å². The van der Waals surface area contributed by atoms with Gasteiger partial charge < -0.3 is 0 Å². The van der Waals surface area contributed by atoms with Gasteiger partial charge in [0.05, 0.1) is 16.5 Å². The lowest BCUT2D eigenvalue weighted by Crippen LogP contribution is -2.31. The molecule has 26 heavy (non-hydrogen) atoms. The van der Waals surface area contributed by atoms with Crippen molar-refractivity contribution in [1.29, 1.82) is 5.26 Å². The predicted octanol–water partition coefficient (Wildman–Crippen LogP) is 3.56. The molecule has 1 saturated heterocycles. The first kappa shape index (κ1) is 16.8. The number of carbonyl (C=O) groups excluding carboxylic acids is 2. The van der Waals surface area contributed by atoms with Crippen LogP contribution in [0.2, 0.25) is 0 Å². The summed E-state index contributed by atoms with van der Waals surface area (Å²) in [5, 5.41) is 9.35. The van der Waals surface area contributed by atoms with E-state index in [1.54, 1.807) is 18.2 Å². The number of rotatable bonds is 4. The van der Waals surface area contributed by atoms with E-state index in [1.165, 1.54) is 16.7 Å². The topological polar surface area (TPSA) is 74.1 Å². The van der Waals surface area contributed by atoms with E-state index in [1.807, 2.05) is 25.1 Å². The number of anilines is 1. The molecule has 1 aromatic heterocycles. The summed E-state index contributed by atoms with van der Waals surface area (Å²) in [7, 11) is 0. The number of imide groups is 1.